The predicted molar refractivity (Wildman–Crippen MR) is 71.4 cm³/mol. The highest BCUT2D eigenvalue weighted by atomic mass is 16.5. The second-order valence-corrected chi connectivity index (χ2v) is 5.29. The normalized spacial score (nSPS) is 13.5. The van der Waals surface area contributed by atoms with Gasteiger partial charge in [0.05, 0.1) is 18.3 Å². The van der Waals surface area contributed by atoms with Crippen LogP contribution in [0.25, 0.3) is 0 Å². The summed E-state index contributed by atoms with van der Waals surface area (Å²) >= 11 is 0. The lowest BCUT2D eigenvalue weighted by Gasteiger charge is -2.26. The number of aliphatic hydroxyl groups is 1. The molecular formula is C14H23NO2. The van der Waals surface area contributed by atoms with Crippen LogP contribution in [0, 0.1) is 0 Å². The van der Waals surface area contributed by atoms with Gasteiger partial charge in [-0.05, 0) is 32.9 Å². The van der Waals surface area contributed by atoms with Crippen molar-refractivity contribution in [2.75, 3.05) is 25.1 Å². The minimum absolute atomic E-state index is 0.202. The van der Waals surface area contributed by atoms with Crippen LogP contribution in [0.2, 0.25) is 0 Å². The van der Waals surface area contributed by atoms with Gasteiger partial charge in [-0.2, -0.15) is 0 Å². The molecule has 0 radical (unpaired) electrons. The topological polar surface area (TPSA) is 32.7 Å². The summed E-state index contributed by atoms with van der Waals surface area (Å²) in [5.74, 6) is 0. The molecule has 0 spiro atoms. The molecule has 3 heteroatoms. The first-order chi connectivity index (χ1) is 7.88. The number of hydrogen-bond acceptors (Lipinski definition) is 3. The van der Waals surface area contributed by atoms with Crippen LogP contribution in [0.3, 0.4) is 0 Å². The molecule has 1 aromatic rings. The van der Waals surface area contributed by atoms with Gasteiger partial charge < -0.3 is 14.7 Å². The molecule has 3 nitrogen and oxygen atoms in total. The number of anilines is 1. The van der Waals surface area contributed by atoms with Gasteiger partial charge in [0.15, 0.2) is 0 Å². The van der Waals surface area contributed by atoms with Gasteiger partial charge in [0.1, 0.15) is 0 Å². The Morgan fingerprint density at radius 3 is 2.35 bits per heavy atom. The Morgan fingerprint density at radius 2 is 1.82 bits per heavy atom. The van der Waals surface area contributed by atoms with Crippen molar-refractivity contribution >= 4 is 5.69 Å². The molecule has 1 unspecified atom stereocenters. The van der Waals surface area contributed by atoms with Crippen molar-refractivity contribution in [2.24, 2.45) is 0 Å². The van der Waals surface area contributed by atoms with Gasteiger partial charge in [-0.3, -0.25) is 0 Å². The highest BCUT2D eigenvalue weighted by Crippen LogP contribution is 2.12. The number of hydrogen-bond donors (Lipinski definition) is 1. The fourth-order valence-corrected chi connectivity index (χ4v) is 1.50. The van der Waals surface area contributed by atoms with Gasteiger partial charge >= 0.3 is 0 Å². The zero-order valence-corrected chi connectivity index (χ0v) is 11.2. The van der Waals surface area contributed by atoms with E-state index in [1.807, 2.05) is 63.1 Å². The Kier molecular flexibility index (Phi) is 4.97. The van der Waals surface area contributed by atoms with E-state index in [2.05, 4.69) is 0 Å². The Morgan fingerprint density at radius 1 is 1.24 bits per heavy atom. The number of ether oxygens (including phenoxy) is 1. The van der Waals surface area contributed by atoms with Crippen LogP contribution in [0.15, 0.2) is 30.3 Å². The monoisotopic (exact) mass is 237 g/mol. The Hall–Kier alpha value is -1.06. The third-order valence-electron chi connectivity index (χ3n) is 2.39. The number of likely N-dealkylation sites (N-methyl/N-ethyl adjacent to an activating group) is 1. The maximum absolute atomic E-state index is 9.88. The average molecular weight is 237 g/mol. The van der Waals surface area contributed by atoms with Crippen molar-refractivity contribution in [2.45, 2.75) is 32.5 Å². The van der Waals surface area contributed by atoms with Crippen LogP contribution in [0.1, 0.15) is 20.8 Å². The third kappa shape index (κ3) is 5.71. The van der Waals surface area contributed by atoms with Crippen LogP contribution < -0.4 is 4.90 Å². The fourth-order valence-electron chi connectivity index (χ4n) is 1.50. The highest BCUT2D eigenvalue weighted by Gasteiger charge is 2.15. The van der Waals surface area contributed by atoms with Gasteiger partial charge in [-0.15, -0.1) is 0 Å². The van der Waals surface area contributed by atoms with Crippen molar-refractivity contribution in [1.29, 1.82) is 0 Å². The van der Waals surface area contributed by atoms with Gasteiger partial charge in [-0.1, -0.05) is 18.2 Å². The molecule has 0 saturated carbocycles. The SMILES string of the molecule is CN(CC(O)COC(C)(C)C)c1ccccc1. The first kappa shape index (κ1) is 14.0. The summed E-state index contributed by atoms with van der Waals surface area (Å²) in [7, 11) is 1.97. The zero-order chi connectivity index (χ0) is 12.9. The molecule has 0 fully saturated rings. The van der Waals surface area contributed by atoms with Crippen molar-refractivity contribution in [3.05, 3.63) is 30.3 Å². The van der Waals surface area contributed by atoms with Crippen molar-refractivity contribution < 1.29 is 9.84 Å². The molecule has 1 aromatic carbocycles. The number of rotatable bonds is 5. The lowest BCUT2D eigenvalue weighted by atomic mass is 10.2. The van der Waals surface area contributed by atoms with E-state index in [4.69, 9.17) is 4.74 Å². The summed E-state index contributed by atoms with van der Waals surface area (Å²) in [5.41, 5.74) is 0.897. The Labute approximate surface area is 104 Å². The molecule has 96 valence electrons. The Balaban J connectivity index is 2.39. The lowest BCUT2D eigenvalue weighted by molar-refractivity contribution is -0.0461. The van der Waals surface area contributed by atoms with Crippen LogP contribution >= 0.6 is 0 Å². The molecule has 17 heavy (non-hydrogen) atoms. The van der Waals surface area contributed by atoms with Gasteiger partial charge in [0.25, 0.3) is 0 Å². The minimum Gasteiger partial charge on any atom is -0.389 e. The fraction of sp³-hybridized carbons (Fsp3) is 0.571. The lowest BCUT2D eigenvalue weighted by Crippen LogP contribution is -2.34. The first-order valence-corrected chi connectivity index (χ1v) is 5.97. The molecule has 0 amide bonds. The summed E-state index contributed by atoms with van der Waals surface area (Å²) in [6.07, 6.45) is -0.473. The van der Waals surface area contributed by atoms with E-state index in [1.54, 1.807) is 0 Å². The van der Waals surface area contributed by atoms with Crippen molar-refractivity contribution in [3.63, 3.8) is 0 Å². The second kappa shape index (κ2) is 6.03. The quantitative estimate of drug-likeness (QED) is 0.853. The molecule has 0 aliphatic rings. The summed E-state index contributed by atoms with van der Waals surface area (Å²) in [4.78, 5) is 2.02. The van der Waals surface area contributed by atoms with E-state index in [-0.39, 0.29) is 5.60 Å². The summed E-state index contributed by atoms with van der Waals surface area (Å²) in [6.45, 7) is 6.89. The molecule has 0 aromatic heterocycles. The highest BCUT2D eigenvalue weighted by molar-refractivity contribution is 5.45. The number of benzene rings is 1. The molecule has 0 bridgehead atoms. The van der Waals surface area contributed by atoms with Gasteiger partial charge in [0.2, 0.25) is 0 Å². The van der Waals surface area contributed by atoms with Crippen LogP contribution in [-0.4, -0.2) is 37.0 Å². The zero-order valence-electron chi connectivity index (χ0n) is 11.2. The molecule has 1 rings (SSSR count). The van der Waals surface area contributed by atoms with E-state index in [0.29, 0.717) is 13.2 Å². The molecule has 1 N–H and O–H groups in total. The smallest absolute Gasteiger partial charge is 0.0948 e. The van der Waals surface area contributed by atoms with E-state index in [1.165, 1.54) is 0 Å². The number of nitrogens with zero attached hydrogens (tertiary/aromatic N) is 1. The van der Waals surface area contributed by atoms with E-state index in [9.17, 15) is 5.11 Å². The predicted octanol–water partition coefficient (Wildman–Crippen LogP) is 2.30. The van der Waals surface area contributed by atoms with Crippen LogP contribution in [0.5, 0.6) is 0 Å². The molecule has 0 aliphatic heterocycles. The minimum atomic E-state index is -0.473. The summed E-state index contributed by atoms with van der Waals surface area (Å²) in [5, 5.41) is 9.88. The first-order valence-electron chi connectivity index (χ1n) is 5.97. The largest absolute Gasteiger partial charge is 0.389 e. The van der Waals surface area contributed by atoms with E-state index >= 15 is 0 Å². The van der Waals surface area contributed by atoms with E-state index in [0.717, 1.165) is 5.69 Å². The molecule has 0 heterocycles. The second-order valence-electron chi connectivity index (χ2n) is 5.29. The van der Waals surface area contributed by atoms with E-state index < -0.39 is 6.10 Å². The Bertz CT molecular complexity index is 319. The van der Waals surface area contributed by atoms with Gasteiger partial charge in [0, 0.05) is 19.3 Å². The third-order valence-corrected chi connectivity index (χ3v) is 2.39. The van der Waals surface area contributed by atoms with Crippen LogP contribution in [-0.2, 0) is 4.74 Å². The number of para-hydroxylation sites is 1. The van der Waals surface area contributed by atoms with Gasteiger partial charge in [-0.25, -0.2) is 0 Å². The maximum atomic E-state index is 9.88. The summed E-state index contributed by atoms with van der Waals surface area (Å²) < 4.78 is 5.55. The average Bonchev–Trinajstić information content (AvgIpc) is 2.27. The van der Waals surface area contributed by atoms with Crippen LogP contribution in [0.4, 0.5) is 5.69 Å². The molecule has 1 atom stereocenters. The van der Waals surface area contributed by atoms with Crippen molar-refractivity contribution in [3.8, 4) is 0 Å². The molecule has 0 saturated heterocycles. The summed E-state index contributed by atoms with van der Waals surface area (Å²) in [6, 6.07) is 10.0. The molecule has 0 aliphatic carbocycles. The maximum Gasteiger partial charge on any atom is 0.0948 e. The number of aliphatic hydroxyl groups excluding tert-OH is 1. The van der Waals surface area contributed by atoms with Crippen molar-refractivity contribution in [1.82, 2.24) is 0 Å². The standard InChI is InChI=1S/C14H23NO2/c1-14(2,3)17-11-13(16)10-15(4)12-8-6-5-7-9-12/h5-9,13,16H,10-11H2,1-4H3. The molecular weight excluding hydrogens is 214 g/mol.